The Labute approximate surface area is 174 Å². The smallest absolute Gasteiger partial charge is 0.341 e. The molecule has 0 radical (unpaired) electrons. The average Bonchev–Trinajstić information content (AvgIpc) is 3.16. The van der Waals surface area contributed by atoms with Crippen LogP contribution in [0.5, 0.6) is 5.75 Å². The minimum absolute atomic E-state index is 0.304. The molecular formula is C23H23NO4S. The molecule has 0 saturated heterocycles. The second-order valence-corrected chi connectivity index (χ2v) is 7.68. The van der Waals surface area contributed by atoms with Gasteiger partial charge in [0.15, 0.2) is 0 Å². The summed E-state index contributed by atoms with van der Waals surface area (Å²) in [5.41, 5.74) is 3.68. The lowest BCUT2D eigenvalue weighted by molar-refractivity contribution is 0.0603. The predicted molar refractivity (Wildman–Crippen MR) is 116 cm³/mol. The SMILES string of the molecule is COC(=O)c1c(-c2ccc(C(C)C)cc2)csc1NC(=O)c1ccc(OC)cc1. The fourth-order valence-corrected chi connectivity index (χ4v) is 3.88. The van der Waals surface area contributed by atoms with Crippen LogP contribution in [0.4, 0.5) is 5.00 Å². The van der Waals surface area contributed by atoms with Gasteiger partial charge in [0.25, 0.3) is 5.91 Å². The van der Waals surface area contributed by atoms with Gasteiger partial charge in [-0.3, -0.25) is 4.79 Å². The molecule has 0 spiro atoms. The van der Waals surface area contributed by atoms with Crippen molar-refractivity contribution in [2.24, 2.45) is 0 Å². The van der Waals surface area contributed by atoms with Gasteiger partial charge in [-0.25, -0.2) is 4.79 Å². The van der Waals surface area contributed by atoms with Crippen molar-refractivity contribution in [1.29, 1.82) is 0 Å². The quantitative estimate of drug-likeness (QED) is 0.539. The van der Waals surface area contributed by atoms with E-state index in [0.717, 1.165) is 11.1 Å². The molecule has 1 aromatic heterocycles. The zero-order valence-electron chi connectivity index (χ0n) is 16.8. The number of hydrogen-bond donors (Lipinski definition) is 1. The van der Waals surface area contributed by atoms with E-state index in [1.165, 1.54) is 24.0 Å². The lowest BCUT2D eigenvalue weighted by Crippen LogP contribution is -2.14. The first-order chi connectivity index (χ1) is 13.9. The summed E-state index contributed by atoms with van der Waals surface area (Å²) in [5, 5.41) is 5.16. The van der Waals surface area contributed by atoms with Crippen LogP contribution in [-0.4, -0.2) is 26.1 Å². The highest BCUT2D eigenvalue weighted by molar-refractivity contribution is 7.15. The number of esters is 1. The molecule has 0 aliphatic heterocycles. The Balaban J connectivity index is 1.93. The highest BCUT2D eigenvalue weighted by Crippen LogP contribution is 2.37. The Kier molecular flexibility index (Phi) is 6.34. The van der Waals surface area contributed by atoms with E-state index in [-0.39, 0.29) is 5.91 Å². The average molecular weight is 410 g/mol. The van der Waals surface area contributed by atoms with Gasteiger partial charge in [0.1, 0.15) is 16.3 Å². The van der Waals surface area contributed by atoms with Crippen LogP contribution in [0, 0.1) is 0 Å². The van der Waals surface area contributed by atoms with Crippen molar-refractivity contribution >= 4 is 28.2 Å². The minimum Gasteiger partial charge on any atom is -0.497 e. The van der Waals surface area contributed by atoms with E-state index in [0.29, 0.717) is 27.8 Å². The maximum atomic E-state index is 12.6. The lowest BCUT2D eigenvalue weighted by Gasteiger charge is -2.09. The monoisotopic (exact) mass is 409 g/mol. The molecule has 1 amide bonds. The van der Waals surface area contributed by atoms with Gasteiger partial charge in [-0.15, -0.1) is 11.3 Å². The fourth-order valence-electron chi connectivity index (χ4n) is 2.93. The number of rotatable bonds is 6. The molecule has 0 atom stereocenters. The van der Waals surface area contributed by atoms with Crippen LogP contribution in [0.1, 0.15) is 46.0 Å². The number of anilines is 1. The van der Waals surface area contributed by atoms with Gasteiger partial charge in [0.05, 0.1) is 14.2 Å². The van der Waals surface area contributed by atoms with Gasteiger partial charge >= 0.3 is 5.97 Å². The van der Waals surface area contributed by atoms with Gasteiger partial charge in [-0.2, -0.15) is 0 Å². The lowest BCUT2D eigenvalue weighted by atomic mass is 9.98. The Hall–Kier alpha value is -3.12. The van der Waals surface area contributed by atoms with Crippen molar-refractivity contribution in [1.82, 2.24) is 0 Å². The first-order valence-corrected chi connectivity index (χ1v) is 10.1. The number of thiophene rings is 1. The molecule has 1 heterocycles. The molecule has 29 heavy (non-hydrogen) atoms. The van der Waals surface area contributed by atoms with Crippen LogP contribution < -0.4 is 10.1 Å². The van der Waals surface area contributed by atoms with E-state index in [4.69, 9.17) is 9.47 Å². The molecule has 0 bridgehead atoms. The first kappa shape index (κ1) is 20.6. The van der Waals surface area contributed by atoms with E-state index in [9.17, 15) is 9.59 Å². The summed E-state index contributed by atoms with van der Waals surface area (Å²) in [6, 6.07) is 14.8. The first-order valence-electron chi connectivity index (χ1n) is 9.20. The summed E-state index contributed by atoms with van der Waals surface area (Å²) < 4.78 is 10.1. The third-order valence-electron chi connectivity index (χ3n) is 4.65. The van der Waals surface area contributed by atoms with Gasteiger partial charge in [-0.1, -0.05) is 38.1 Å². The third-order valence-corrected chi connectivity index (χ3v) is 5.54. The minimum atomic E-state index is -0.487. The standard InChI is InChI=1S/C23H23NO4S/c1-14(2)15-5-7-16(8-6-15)19-13-29-22(20(19)23(26)28-4)24-21(25)17-9-11-18(27-3)12-10-17/h5-14H,1-4H3,(H,24,25). The second kappa shape index (κ2) is 8.92. The summed E-state index contributed by atoms with van der Waals surface area (Å²) in [7, 11) is 2.90. The van der Waals surface area contributed by atoms with Crippen molar-refractivity contribution in [2.75, 3.05) is 19.5 Å². The van der Waals surface area contributed by atoms with Crippen molar-refractivity contribution in [3.63, 3.8) is 0 Å². The maximum absolute atomic E-state index is 12.6. The fraction of sp³-hybridized carbons (Fsp3) is 0.217. The number of methoxy groups -OCH3 is 2. The van der Waals surface area contributed by atoms with E-state index in [1.807, 2.05) is 29.6 Å². The van der Waals surface area contributed by atoms with Crippen LogP contribution in [0.25, 0.3) is 11.1 Å². The molecule has 3 rings (SSSR count). The van der Waals surface area contributed by atoms with Crippen molar-refractivity contribution in [2.45, 2.75) is 19.8 Å². The molecular weight excluding hydrogens is 386 g/mol. The Morgan fingerprint density at radius 3 is 2.17 bits per heavy atom. The molecule has 6 heteroatoms. The second-order valence-electron chi connectivity index (χ2n) is 6.80. The third kappa shape index (κ3) is 4.49. The highest BCUT2D eigenvalue weighted by atomic mass is 32.1. The number of benzene rings is 2. The number of hydrogen-bond acceptors (Lipinski definition) is 5. The summed E-state index contributed by atoms with van der Waals surface area (Å²) in [5.74, 6) is 0.298. The zero-order chi connectivity index (χ0) is 21.0. The Bertz CT molecular complexity index is 1000. The van der Waals surface area contributed by atoms with Crippen LogP contribution in [0.2, 0.25) is 0 Å². The topological polar surface area (TPSA) is 64.6 Å². The summed E-state index contributed by atoms with van der Waals surface area (Å²) in [6.07, 6.45) is 0. The van der Waals surface area contributed by atoms with E-state index in [1.54, 1.807) is 31.4 Å². The number of ether oxygens (including phenoxy) is 2. The molecule has 3 aromatic rings. The van der Waals surface area contributed by atoms with E-state index < -0.39 is 5.97 Å². The molecule has 150 valence electrons. The van der Waals surface area contributed by atoms with Crippen LogP contribution >= 0.6 is 11.3 Å². The van der Waals surface area contributed by atoms with Crippen LogP contribution in [0.3, 0.4) is 0 Å². The number of carbonyl (C=O) groups excluding carboxylic acids is 2. The van der Waals surface area contributed by atoms with Crippen molar-refractivity contribution in [3.05, 3.63) is 70.6 Å². The summed E-state index contributed by atoms with van der Waals surface area (Å²) >= 11 is 1.30. The molecule has 1 N–H and O–H groups in total. The van der Waals surface area contributed by atoms with Crippen molar-refractivity contribution < 1.29 is 19.1 Å². The van der Waals surface area contributed by atoms with Crippen LogP contribution in [0.15, 0.2) is 53.9 Å². The van der Waals surface area contributed by atoms with Gasteiger partial charge in [0, 0.05) is 16.5 Å². The number of amides is 1. The zero-order valence-corrected chi connectivity index (χ0v) is 17.6. The number of nitrogens with one attached hydrogen (secondary N) is 1. The van der Waals surface area contributed by atoms with Crippen molar-refractivity contribution in [3.8, 4) is 16.9 Å². The molecule has 2 aromatic carbocycles. The predicted octanol–water partition coefficient (Wildman–Crippen LogP) is 5.59. The summed E-state index contributed by atoms with van der Waals surface area (Å²) in [6.45, 7) is 4.26. The van der Waals surface area contributed by atoms with Gasteiger partial charge < -0.3 is 14.8 Å². The molecule has 0 fully saturated rings. The summed E-state index contributed by atoms with van der Waals surface area (Å²) in [4.78, 5) is 25.1. The largest absolute Gasteiger partial charge is 0.497 e. The normalized spacial score (nSPS) is 10.7. The van der Waals surface area contributed by atoms with Gasteiger partial charge in [-0.05, 0) is 41.3 Å². The van der Waals surface area contributed by atoms with Crippen LogP contribution in [-0.2, 0) is 4.74 Å². The van der Waals surface area contributed by atoms with E-state index in [2.05, 4.69) is 19.2 Å². The molecule has 0 unspecified atom stereocenters. The highest BCUT2D eigenvalue weighted by Gasteiger charge is 2.22. The Morgan fingerprint density at radius 1 is 0.966 bits per heavy atom. The molecule has 0 aliphatic rings. The molecule has 5 nitrogen and oxygen atoms in total. The van der Waals surface area contributed by atoms with Gasteiger partial charge in [0.2, 0.25) is 0 Å². The Morgan fingerprint density at radius 2 is 1.62 bits per heavy atom. The van der Waals surface area contributed by atoms with E-state index >= 15 is 0 Å². The maximum Gasteiger partial charge on any atom is 0.341 e. The molecule has 0 aliphatic carbocycles. The number of carbonyl (C=O) groups is 2. The molecule has 0 saturated carbocycles.